The number of hydrogen-bond donors (Lipinski definition) is 0. The Kier molecular flexibility index (Phi) is 5.47. The maximum atomic E-state index is 12.4. The largest absolute Gasteiger partial charge is 0.297 e. The van der Waals surface area contributed by atoms with E-state index >= 15 is 0 Å². The lowest BCUT2D eigenvalue weighted by Gasteiger charge is -2.35. The summed E-state index contributed by atoms with van der Waals surface area (Å²) in [6.45, 7) is 9.91. The van der Waals surface area contributed by atoms with Gasteiger partial charge < -0.3 is 0 Å². The van der Waals surface area contributed by atoms with Crippen molar-refractivity contribution >= 4 is 21.7 Å². The van der Waals surface area contributed by atoms with Gasteiger partial charge in [0, 0.05) is 23.3 Å². The number of pyridine rings is 1. The molecule has 0 fully saturated rings. The minimum atomic E-state index is -0.425. The molecule has 1 heterocycles. The SMILES string of the molecule is CCN(CC)C(C)(C)C(=O)Cc1cncc(Br)c1. The Morgan fingerprint density at radius 3 is 2.44 bits per heavy atom. The van der Waals surface area contributed by atoms with Gasteiger partial charge in [0.2, 0.25) is 0 Å². The molecule has 0 spiro atoms. The first-order valence-corrected chi connectivity index (χ1v) is 7.08. The zero-order valence-electron chi connectivity index (χ0n) is 11.5. The Morgan fingerprint density at radius 2 is 1.94 bits per heavy atom. The number of carbonyl (C=O) groups excluding carboxylic acids is 1. The van der Waals surface area contributed by atoms with Crippen molar-refractivity contribution in [1.29, 1.82) is 0 Å². The van der Waals surface area contributed by atoms with Gasteiger partial charge in [-0.1, -0.05) is 13.8 Å². The first-order chi connectivity index (χ1) is 8.41. The molecule has 100 valence electrons. The molecule has 0 atom stereocenters. The summed E-state index contributed by atoms with van der Waals surface area (Å²) in [6.07, 6.45) is 3.90. The van der Waals surface area contributed by atoms with E-state index in [0.717, 1.165) is 23.1 Å². The number of nitrogens with zero attached hydrogens (tertiary/aromatic N) is 2. The van der Waals surface area contributed by atoms with Gasteiger partial charge in [-0.25, -0.2) is 0 Å². The lowest BCUT2D eigenvalue weighted by molar-refractivity contribution is -0.128. The zero-order valence-corrected chi connectivity index (χ0v) is 13.1. The highest BCUT2D eigenvalue weighted by atomic mass is 79.9. The van der Waals surface area contributed by atoms with Crippen LogP contribution in [0.5, 0.6) is 0 Å². The number of ketones is 1. The van der Waals surface area contributed by atoms with Gasteiger partial charge in [0.05, 0.1) is 5.54 Å². The highest BCUT2D eigenvalue weighted by molar-refractivity contribution is 9.10. The number of aromatic nitrogens is 1. The van der Waals surface area contributed by atoms with Crippen LogP contribution in [0.4, 0.5) is 0 Å². The molecule has 1 aromatic heterocycles. The molecule has 0 aliphatic heterocycles. The van der Waals surface area contributed by atoms with Crippen molar-refractivity contribution in [3.8, 4) is 0 Å². The third kappa shape index (κ3) is 3.62. The molecule has 0 bridgehead atoms. The fraction of sp³-hybridized carbons (Fsp3) is 0.571. The summed E-state index contributed by atoms with van der Waals surface area (Å²) in [7, 11) is 0. The van der Waals surface area contributed by atoms with Crippen LogP contribution in [0.1, 0.15) is 33.3 Å². The highest BCUT2D eigenvalue weighted by Crippen LogP contribution is 2.19. The van der Waals surface area contributed by atoms with Crippen LogP contribution in [-0.2, 0) is 11.2 Å². The van der Waals surface area contributed by atoms with Crippen LogP contribution in [0, 0.1) is 0 Å². The van der Waals surface area contributed by atoms with Crippen molar-refractivity contribution in [1.82, 2.24) is 9.88 Å². The van der Waals surface area contributed by atoms with Gasteiger partial charge in [0.25, 0.3) is 0 Å². The molecule has 3 nitrogen and oxygen atoms in total. The van der Waals surface area contributed by atoms with Gasteiger partial charge in [-0.05, 0) is 54.5 Å². The molecule has 0 N–H and O–H groups in total. The van der Waals surface area contributed by atoms with Gasteiger partial charge in [0.1, 0.15) is 0 Å². The Labute approximate surface area is 118 Å². The predicted octanol–water partition coefficient (Wildman–Crippen LogP) is 3.08. The van der Waals surface area contributed by atoms with Crippen LogP contribution in [0.15, 0.2) is 22.9 Å². The van der Waals surface area contributed by atoms with E-state index in [-0.39, 0.29) is 5.78 Å². The van der Waals surface area contributed by atoms with Crippen LogP contribution >= 0.6 is 15.9 Å². The Hall–Kier alpha value is -0.740. The van der Waals surface area contributed by atoms with E-state index in [1.807, 2.05) is 19.9 Å². The van der Waals surface area contributed by atoms with Crippen molar-refractivity contribution in [3.05, 3.63) is 28.5 Å². The van der Waals surface area contributed by atoms with Gasteiger partial charge in [-0.3, -0.25) is 14.7 Å². The molecule has 0 aromatic carbocycles. The minimum Gasteiger partial charge on any atom is -0.297 e. The second kappa shape index (κ2) is 6.43. The lowest BCUT2D eigenvalue weighted by Crippen LogP contribution is -2.50. The Morgan fingerprint density at radius 1 is 1.33 bits per heavy atom. The average molecular weight is 313 g/mol. The second-order valence-corrected chi connectivity index (χ2v) is 5.76. The van der Waals surface area contributed by atoms with Crippen LogP contribution < -0.4 is 0 Å². The molecule has 0 aliphatic rings. The molecule has 18 heavy (non-hydrogen) atoms. The topological polar surface area (TPSA) is 33.2 Å². The van der Waals surface area contributed by atoms with E-state index in [2.05, 4.69) is 39.7 Å². The molecule has 0 radical (unpaired) electrons. The molecule has 0 aliphatic carbocycles. The summed E-state index contributed by atoms with van der Waals surface area (Å²) >= 11 is 3.37. The number of halogens is 1. The standard InChI is InChI=1S/C14H21BrN2O/c1-5-17(6-2)14(3,4)13(18)8-11-7-12(15)10-16-9-11/h7,9-10H,5-6,8H2,1-4H3. The van der Waals surface area contributed by atoms with Crippen molar-refractivity contribution in [2.75, 3.05) is 13.1 Å². The second-order valence-electron chi connectivity index (χ2n) is 4.84. The monoisotopic (exact) mass is 312 g/mol. The van der Waals surface area contributed by atoms with E-state index in [1.165, 1.54) is 0 Å². The van der Waals surface area contributed by atoms with Gasteiger partial charge in [-0.15, -0.1) is 0 Å². The number of rotatable bonds is 6. The highest BCUT2D eigenvalue weighted by Gasteiger charge is 2.32. The first-order valence-electron chi connectivity index (χ1n) is 6.29. The number of carbonyl (C=O) groups is 1. The van der Waals surface area contributed by atoms with Crippen LogP contribution in [-0.4, -0.2) is 34.3 Å². The molecule has 0 saturated carbocycles. The average Bonchev–Trinajstić information content (AvgIpc) is 2.30. The van der Waals surface area contributed by atoms with Crippen molar-refractivity contribution in [2.45, 2.75) is 39.7 Å². The van der Waals surface area contributed by atoms with E-state index in [9.17, 15) is 4.79 Å². The lowest BCUT2D eigenvalue weighted by atomic mass is 9.92. The van der Waals surface area contributed by atoms with E-state index in [4.69, 9.17) is 0 Å². The van der Waals surface area contributed by atoms with Gasteiger partial charge >= 0.3 is 0 Å². The molecular formula is C14H21BrN2O. The molecule has 4 heteroatoms. The molecule has 0 amide bonds. The fourth-order valence-electron chi connectivity index (χ4n) is 2.14. The van der Waals surface area contributed by atoms with E-state index in [1.54, 1.807) is 12.4 Å². The fourth-order valence-corrected chi connectivity index (χ4v) is 2.56. The Balaban J connectivity index is 2.81. The number of likely N-dealkylation sites (N-methyl/N-ethyl adjacent to an activating group) is 1. The minimum absolute atomic E-state index is 0.228. The quantitative estimate of drug-likeness (QED) is 0.809. The van der Waals surface area contributed by atoms with Crippen LogP contribution in [0.25, 0.3) is 0 Å². The third-order valence-electron chi connectivity index (χ3n) is 3.36. The molecule has 1 rings (SSSR count). The zero-order chi connectivity index (χ0) is 13.8. The van der Waals surface area contributed by atoms with Gasteiger partial charge in [-0.2, -0.15) is 0 Å². The van der Waals surface area contributed by atoms with Crippen molar-refractivity contribution < 1.29 is 4.79 Å². The summed E-state index contributed by atoms with van der Waals surface area (Å²) in [6, 6.07) is 1.95. The van der Waals surface area contributed by atoms with Crippen LogP contribution in [0.2, 0.25) is 0 Å². The summed E-state index contributed by atoms with van der Waals surface area (Å²) in [5.74, 6) is 0.228. The van der Waals surface area contributed by atoms with Crippen LogP contribution in [0.3, 0.4) is 0 Å². The molecular weight excluding hydrogens is 292 g/mol. The smallest absolute Gasteiger partial charge is 0.156 e. The number of hydrogen-bond acceptors (Lipinski definition) is 3. The normalized spacial score (nSPS) is 11.9. The molecule has 0 saturated heterocycles. The summed E-state index contributed by atoms with van der Waals surface area (Å²) in [4.78, 5) is 18.7. The summed E-state index contributed by atoms with van der Waals surface area (Å²) in [5, 5.41) is 0. The van der Waals surface area contributed by atoms with E-state index < -0.39 is 5.54 Å². The Bertz CT molecular complexity index is 414. The van der Waals surface area contributed by atoms with Crippen molar-refractivity contribution in [2.24, 2.45) is 0 Å². The van der Waals surface area contributed by atoms with Crippen molar-refractivity contribution in [3.63, 3.8) is 0 Å². The predicted molar refractivity (Wildman–Crippen MR) is 77.6 cm³/mol. The summed E-state index contributed by atoms with van der Waals surface area (Å²) in [5.41, 5.74) is 0.529. The first kappa shape index (κ1) is 15.3. The molecule has 1 aromatic rings. The third-order valence-corrected chi connectivity index (χ3v) is 3.80. The number of Topliss-reactive ketones (excluding diaryl/α,β-unsaturated/α-hetero) is 1. The maximum Gasteiger partial charge on any atom is 0.156 e. The molecule has 0 unspecified atom stereocenters. The van der Waals surface area contributed by atoms with E-state index in [0.29, 0.717) is 6.42 Å². The van der Waals surface area contributed by atoms with Gasteiger partial charge in [0.15, 0.2) is 5.78 Å². The summed E-state index contributed by atoms with van der Waals surface area (Å²) < 4.78 is 0.911. The maximum absolute atomic E-state index is 12.4.